The van der Waals surface area contributed by atoms with E-state index in [0.717, 1.165) is 18.8 Å². The Hall–Kier alpha value is -0.0300. The van der Waals surface area contributed by atoms with Crippen molar-refractivity contribution in [3.63, 3.8) is 0 Å². The standard InChI is InChI=1S/C11H18BrN3S/c1-8(2)4-15-11(13-7-14-15)3-9-5-16-6-10(9)12/h7-10H,3-6H2,1-2H3. The number of hydrogen-bond acceptors (Lipinski definition) is 3. The van der Waals surface area contributed by atoms with Crippen LogP contribution in [-0.2, 0) is 13.0 Å². The van der Waals surface area contributed by atoms with Gasteiger partial charge in [0.25, 0.3) is 0 Å². The predicted octanol–water partition coefficient (Wildman–Crippen LogP) is 2.60. The minimum atomic E-state index is 0.623. The van der Waals surface area contributed by atoms with Crippen LogP contribution >= 0.6 is 27.7 Å². The molecule has 0 aliphatic carbocycles. The molecule has 0 spiro atoms. The monoisotopic (exact) mass is 303 g/mol. The fourth-order valence-electron chi connectivity index (χ4n) is 1.94. The highest BCUT2D eigenvalue weighted by Crippen LogP contribution is 2.31. The molecular formula is C11H18BrN3S. The maximum absolute atomic E-state index is 4.39. The van der Waals surface area contributed by atoms with Crippen LogP contribution in [0.15, 0.2) is 6.33 Å². The minimum Gasteiger partial charge on any atom is -0.250 e. The molecule has 0 radical (unpaired) electrons. The quantitative estimate of drug-likeness (QED) is 0.801. The van der Waals surface area contributed by atoms with Crippen molar-refractivity contribution in [2.24, 2.45) is 11.8 Å². The van der Waals surface area contributed by atoms with Gasteiger partial charge < -0.3 is 0 Å². The zero-order valence-electron chi connectivity index (χ0n) is 9.77. The third-order valence-electron chi connectivity index (χ3n) is 2.80. The van der Waals surface area contributed by atoms with Crippen molar-refractivity contribution in [1.82, 2.24) is 14.8 Å². The van der Waals surface area contributed by atoms with E-state index < -0.39 is 0 Å². The molecule has 2 rings (SSSR count). The van der Waals surface area contributed by atoms with Crippen LogP contribution in [0.1, 0.15) is 19.7 Å². The Balaban J connectivity index is 2.00. The Morgan fingerprint density at radius 3 is 3.00 bits per heavy atom. The maximum Gasteiger partial charge on any atom is 0.138 e. The first-order valence-corrected chi connectivity index (χ1v) is 7.82. The van der Waals surface area contributed by atoms with Crippen molar-refractivity contribution < 1.29 is 0 Å². The largest absolute Gasteiger partial charge is 0.250 e. The first-order valence-electron chi connectivity index (χ1n) is 5.75. The second-order valence-electron chi connectivity index (χ2n) is 4.77. The molecule has 0 saturated carbocycles. The highest BCUT2D eigenvalue weighted by molar-refractivity contribution is 9.09. The smallest absolute Gasteiger partial charge is 0.138 e. The van der Waals surface area contributed by atoms with Gasteiger partial charge in [0, 0.05) is 23.5 Å². The summed E-state index contributed by atoms with van der Waals surface area (Å²) in [5.74, 6) is 4.94. The number of thioether (sulfide) groups is 1. The van der Waals surface area contributed by atoms with Gasteiger partial charge in [-0.25, -0.2) is 9.67 Å². The maximum atomic E-state index is 4.39. The van der Waals surface area contributed by atoms with Gasteiger partial charge in [-0.15, -0.1) is 0 Å². The number of halogens is 1. The Morgan fingerprint density at radius 2 is 2.38 bits per heavy atom. The van der Waals surface area contributed by atoms with Crippen LogP contribution in [0.2, 0.25) is 0 Å². The number of nitrogens with zero attached hydrogens (tertiary/aromatic N) is 3. The number of rotatable bonds is 4. The predicted molar refractivity (Wildman–Crippen MR) is 72.1 cm³/mol. The fourth-order valence-corrected chi connectivity index (χ4v) is 4.41. The molecule has 3 nitrogen and oxygen atoms in total. The molecule has 5 heteroatoms. The summed E-state index contributed by atoms with van der Waals surface area (Å²) in [5.41, 5.74) is 0. The van der Waals surface area contributed by atoms with Crippen molar-refractivity contribution in [3.05, 3.63) is 12.2 Å². The van der Waals surface area contributed by atoms with E-state index in [9.17, 15) is 0 Å². The van der Waals surface area contributed by atoms with Gasteiger partial charge in [-0.05, 0) is 17.6 Å². The second-order valence-corrected chi connectivity index (χ2v) is 7.02. The van der Waals surface area contributed by atoms with Crippen molar-refractivity contribution >= 4 is 27.7 Å². The van der Waals surface area contributed by atoms with E-state index >= 15 is 0 Å². The zero-order valence-corrected chi connectivity index (χ0v) is 12.2. The van der Waals surface area contributed by atoms with Crippen LogP contribution in [-0.4, -0.2) is 31.1 Å². The lowest BCUT2D eigenvalue weighted by molar-refractivity contribution is 0.451. The summed E-state index contributed by atoms with van der Waals surface area (Å²) in [6, 6.07) is 0. The third-order valence-corrected chi connectivity index (χ3v) is 5.56. The van der Waals surface area contributed by atoms with Crippen molar-refractivity contribution in [1.29, 1.82) is 0 Å². The molecule has 2 atom stereocenters. The molecule has 0 bridgehead atoms. The summed E-state index contributed by atoms with van der Waals surface area (Å²) in [6.45, 7) is 5.40. The topological polar surface area (TPSA) is 30.7 Å². The van der Waals surface area contributed by atoms with Crippen LogP contribution in [0.4, 0.5) is 0 Å². The van der Waals surface area contributed by atoms with E-state index in [4.69, 9.17) is 0 Å². The molecule has 1 aromatic rings. The summed E-state index contributed by atoms with van der Waals surface area (Å²) >= 11 is 5.78. The van der Waals surface area contributed by atoms with Crippen molar-refractivity contribution in [2.75, 3.05) is 11.5 Å². The number of aromatic nitrogens is 3. The first-order chi connectivity index (χ1) is 7.66. The van der Waals surface area contributed by atoms with Crippen LogP contribution in [0, 0.1) is 11.8 Å². The van der Waals surface area contributed by atoms with E-state index in [1.54, 1.807) is 6.33 Å². The Bertz CT molecular complexity index is 340. The average molecular weight is 304 g/mol. The van der Waals surface area contributed by atoms with Gasteiger partial charge in [0.1, 0.15) is 12.2 Å². The highest BCUT2D eigenvalue weighted by Gasteiger charge is 2.27. The lowest BCUT2D eigenvalue weighted by Gasteiger charge is -2.14. The Kier molecular flexibility index (Phi) is 4.30. The van der Waals surface area contributed by atoms with E-state index in [1.807, 2.05) is 11.8 Å². The van der Waals surface area contributed by atoms with Crippen molar-refractivity contribution in [3.8, 4) is 0 Å². The van der Waals surface area contributed by atoms with Gasteiger partial charge in [0.2, 0.25) is 0 Å². The van der Waals surface area contributed by atoms with Gasteiger partial charge in [-0.3, -0.25) is 0 Å². The Morgan fingerprint density at radius 1 is 1.56 bits per heavy atom. The van der Waals surface area contributed by atoms with Gasteiger partial charge in [-0.1, -0.05) is 29.8 Å². The van der Waals surface area contributed by atoms with E-state index in [-0.39, 0.29) is 0 Å². The van der Waals surface area contributed by atoms with E-state index in [0.29, 0.717) is 16.7 Å². The highest BCUT2D eigenvalue weighted by atomic mass is 79.9. The molecule has 1 aromatic heterocycles. The van der Waals surface area contributed by atoms with Crippen LogP contribution in [0.3, 0.4) is 0 Å². The van der Waals surface area contributed by atoms with Gasteiger partial charge in [0.15, 0.2) is 0 Å². The summed E-state index contributed by atoms with van der Waals surface area (Å²) in [5, 5.41) is 4.31. The van der Waals surface area contributed by atoms with Gasteiger partial charge >= 0.3 is 0 Å². The number of alkyl halides is 1. The molecule has 90 valence electrons. The lowest BCUT2D eigenvalue weighted by Crippen LogP contribution is -2.19. The zero-order chi connectivity index (χ0) is 11.5. The van der Waals surface area contributed by atoms with E-state index in [2.05, 4.69) is 44.5 Å². The first kappa shape index (κ1) is 12.4. The average Bonchev–Trinajstić information content (AvgIpc) is 2.78. The molecule has 1 fully saturated rings. The number of hydrogen-bond donors (Lipinski definition) is 0. The molecule has 2 unspecified atom stereocenters. The summed E-state index contributed by atoms with van der Waals surface area (Å²) in [6.07, 6.45) is 2.73. The summed E-state index contributed by atoms with van der Waals surface area (Å²) in [4.78, 5) is 5.03. The van der Waals surface area contributed by atoms with Crippen molar-refractivity contribution in [2.45, 2.75) is 31.6 Å². The second kappa shape index (κ2) is 5.54. The van der Waals surface area contributed by atoms with E-state index in [1.165, 1.54) is 11.5 Å². The van der Waals surface area contributed by atoms with Crippen LogP contribution < -0.4 is 0 Å². The Labute approximate surface area is 110 Å². The van der Waals surface area contributed by atoms with Crippen LogP contribution in [0.25, 0.3) is 0 Å². The normalized spacial score (nSPS) is 25.5. The fraction of sp³-hybridized carbons (Fsp3) is 0.818. The van der Waals surface area contributed by atoms with Crippen LogP contribution in [0.5, 0.6) is 0 Å². The molecule has 0 amide bonds. The molecule has 0 aromatic carbocycles. The molecule has 0 N–H and O–H groups in total. The third kappa shape index (κ3) is 3.00. The van der Waals surface area contributed by atoms with Gasteiger partial charge in [-0.2, -0.15) is 16.9 Å². The summed E-state index contributed by atoms with van der Waals surface area (Å²) in [7, 11) is 0. The molecule has 1 aliphatic heterocycles. The summed E-state index contributed by atoms with van der Waals surface area (Å²) < 4.78 is 2.06. The molecule has 1 saturated heterocycles. The minimum absolute atomic E-state index is 0.623. The SMILES string of the molecule is CC(C)Cn1ncnc1CC1CSCC1Br. The molecule has 16 heavy (non-hydrogen) atoms. The lowest BCUT2D eigenvalue weighted by atomic mass is 10.0. The molecule has 2 heterocycles. The molecular weight excluding hydrogens is 286 g/mol. The van der Waals surface area contributed by atoms with Gasteiger partial charge in [0.05, 0.1) is 0 Å². The molecule has 1 aliphatic rings.